The lowest BCUT2D eigenvalue weighted by Crippen LogP contribution is -2.55. The lowest BCUT2D eigenvalue weighted by molar-refractivity contribution is 0.370. The maximum Gasteiger partial charge on any atom is 0.0562 e. The Morgan fingerprint density at radius 3 is 0.974 bits per heavy atom. The largest absolute Gasteiger partial charge is 0.367 e. The van der Waals surface area contributed by atoms with Crippen molar-refractivity contribution in [3.63, 3.8) is 0 Å². The number of para-hydroxylation sites is 9. The van der Waals surface area contributed by atoms with Crippen LogP contribution in [0.1, 0.15) is 87.8 Å². The van der Waals surface area contributed by atoms with E-state index in [1.54, 1.807) is 0 Å². The van der Waals surface area contributed by atoms with E-state index in [0.29, 0.717) is 23.9 Å². The Labute approximate surface area is 684 Å². The summed E-state index contributed by atoms with van der Waals surface area (Å²) >= 11 is 0. The van der Waals surface area contributed by atoms with E-state index in [1.807, 2.05) is 86.6 Å². The van der Waals surface area contributed by atoms with Crippen molar-refractivity contribution < 1.29 is 0 Å². The van der Waals surface area contributed by atoms with Crippen LogP contribution in [0.3, 0.4) is 0 Å². The van der Waals surface area contributed by atoms with Crippen molar-refractivity contribution in [2.45, 2.75) is 84.7 Å². The highest BCUT2D eigenvalue weighted by molar-refractivity contribution is 6.09. The van der Waals surface area contributed by atoms with E-state index in [0.717, 1.165) is 6.42 Å². The van der Waals surface area contributed by atoms with Crippen LogP contribution in [0.15, 0.2) is 401 Å². The van der Waals surface area contributed by atoms with Gasteiger partial charge in [0.05, 0.1) is 17.5 Å². The molecule has 4 atom stereocenters. The Bertz CT molecular complexity index is 5480. The molecule has 5 aliphatic rings. The second kappa shape index (κ2) is 40.2. The molecule has 115 heavy (non-hydrogen) atoms. The minimum atomic E-state index is -0.152. The van der Waals surface area contributed by atoms with Crippen LogP contribution in [-0.4, -0.2) is 44.4 Å². The first-order valence-electron chi connectivity index (χ1n) is 41.3. The van der Waals surface area contributed by atoms with E-state index >= 15 is 0 Å². The fraction of sp³-hybridized carbons (Fsp3) is 0.193. The molecule has 0 fully saturated rings. The van der Waals surface area contributed by atoms with Crippen LogP contribution in [0, 0.1) is 11.8 Å². The van der Waals surface area contributed by atoms with Crippen LogP contribution in [0.5, 0.6) is 0 Å². The number of benzene rings is 13. The molecule has 0 saturated carbocycles. The van der Waals surface area contributed by atoms with Gasteiger partial charge in [0, 0.05) is 143 Å². The lowest BCUT2D eigenvalue weighted by Gasteiger charge is -2.55. The molecule has 6 heteroatoms. The molecule has 17 aromatic rings. The van der Waals surface area contributed by atoms with Gasteiger partial charge in [0.2, 0.25) is 0 Å². The van der Waals surface area contributed by atoms with E-state index in [9.17, 15) is 0 Å². The van der Waals surface area contributed by atoms with Crippen LogP contribution in [0.2, 0.25) is 0 Å². The van der Waals surface area contributed by atoms with Gasteiger partial charge in [-0.05, 0) is 112 Å². The number of fused-ring (bicyclic) bond motifs is 20. The van der Waals surface area contributed by atoms with Crippen molar-refractivity contribution in [2.24, 2.45) is 40.0 Å². The first kappa shape index (κ1) is 81.8. The molecule has 6 heterocycles. The average Bonchev–Trinajstić information content (AvgIpc) is 1.46. The zero-order valence-corrected chi connectivity index (χ0v) is 69.4. The number of nitrogens with zero attached hydrogens (tertiary/aromatic N) is 6. The molecule has 13 aromatic carbocycles. The molecule has 580 valence electrons. The van der Waals surface area contributed by atoms with Crippen molar-refractivity contribution in [2.75, 3.05) is 23.9 Å². The van der Waals surface area contributed by atoms with E-state index in [2.05, 4.69) is 426 Å². The molecule has 2 aliphatic heterocycles. The number of hydrogen-bond donors (Lipinski definition) is 0. The molecule has 6 nitrogen and oxygen atoms in total. The first-order valence-corrected chi connectivity index (χ1v) is 41.3. The van der Waals surface area contributed by atoms with Gasteiger partial charge in [0.1, 0.15) is 0 Å². The fourth-order valence-electron chi connectivity index (χ4n) is 17.0. The van der Waals surface area contributed by atoms with Gasteiger partial charge < -0.3 is 28.1 Å². The molecule has 4 aromatic heterocycles. The molecule has 4 unspecified atom stereocenters. The molecule has 0 N–H and O–H groups in total. The third kappa shape index (κ3) is 18.1. The molecule has 1 spiro atoms. The Balaban J connectivity index is 0.000000124. The summed E-state index contributed by atoms with van der Waals surface area (Å²) in [5.41, 5.74) is 20.4. The van der Waals surface area contributed by atoms with Gasteiger partial charge in [-0.25, -0.2) is 0 Å². The van der Waals surface area contributed by atoms with Crippen LogP contribution in [0.25, 0.3) is 76.3 Å². The van der Waals surface area contributed by atoms with Crippen LogP contribution < -0.4 is 9.80 Å². The third-order valence-electron chi connectivity index (χ3n) is 22.1. The van der Waals surface area contributed by atoms with Gasteiger partial charge in [-0.15, -0.1) is 0 Å². The van der Waals surface area contributed by atoms with Gasteiger partial charge in [-0.3, -0.25) is 0 Å². The molecular formula is C109H114N6. The predicted octanol–water partition coefficient (Wildman–Crippen LogP) is 27.7. The van der Waals surface area contributed by atoms with Crippen molar-refractivity contribution in [3.05, 3.63) is 434 Å². The normalized spacial score (nSPS) is 15.4. The van der Waals surface area contributed by atoms with Gasteiger partial charge in [0.25, 0.3) is 0 Å². The highest BCUT2D eigenvalue weighted by Gasteiger charge is 2.54. The zero-order valence-electron chi connectivity index (χ0n) is 69.4. The van der Waals surface area contributed by atoms with Crippen molar-refractivity contribution in [1.82, 2.24) is 18.3 Å². The number of rotatable bonds is 0. The lowest BCUT2D eigenvalue weighted by atomic mass is 9.53. The molecule has 0 bridgehead atoms. The molecule has 0 saturated heterocycles. The minimum Gasteiger partial charge on any atom is -0.367 e. The van der Waals surface area contributed by atoms with Crippen LogP contribution >= 0.6 is 0 Å². The van der Waals surface area contributed by atoms with Gasteiger partial charge in [0.15, 0.2) is 0 Å². The Morgan fingerprint density at radius 2 is 0.574 bits per heavy atom. The summed E-state index contributed by atoms with van der Waals surface area (Å²) in [7, 11) is 12.8. The number of hydrogen-bond acceptors (Lipinski definition) is 2. The number of allylic oxidation sites excluding steroid dienone is 4. The minimum absolute atomic E-state index is 0.152. The Morgan fingerprint density at radius 1 is 0.278 bits per heavy atom. The summed E-state index contributed by atoms with van der Waals surface area (Å²) in [5.74, 6) is 1.01. The predicted molar refractivity (Wildman–Crippen MR) is 500 cm³/mol. The van der Waals surface area contributed by atoms with Gasteiger partial charge >= 0.3 is 0 Å². The third-order valence-corrected chi connectivity index (χ3v) is 22.1. The highest BCUT2D eigenvalue weighted by atomic mass is 15.2. The standard InChI is InChI=1S/C27H23N.C14H15N.3C13H11N.C9H9N.2C6H6.2C3H8.C2H6/c1-28-25-16-8-6-14-23(25)27(24-15-7-9-17-26(24)28)21-12-4-2-10-19(21)18-20-11-3-5-13-22(20)27;1-15-13-8-4-2-6-11(13)10-12-7-3-5-9-14(12)15;3*1-14-12-8-4-2-6-10(12)11-7-3-5-9-13(11)14;1-10-7-6-8-4-2-3-5-9(8)10;2*1-2-4-6-5-3-1;2*1-3-2;1-2/h2-17,23,25H,18H2,1H3;2-9,11,13H,10H2,1H3;3*2-9H,1H3;2-7H,1H3;2*1-6H;2*3H2,1-2H3;1-2H3. The van der Waals surface area contributed by atoms with Crippen LogP contribution in [-0.2, 0) is 46.4 Å². The number of anilines is 2. The summed E-state index contributed by atoms with van der Waals surface area (Å²) in [6.07, 6.45) is 25.0. The average molecular weight is 1510 g/mol. The Hall–Kier alpha value is -12.6. The molecular weight excluding hydrogens is 1390 g/mol. The van der Waals surface area contributed by atoms with E-state index in [1.165, 1.54) is 140 Å². The molecule has 0 amide bonds. The summed E-state index contributed by atoms with van der Waals surface area (Å²) in [6.45, 7) is 12.5. The number of likely N-dealkylation sites (N-methyl/N-ethyl adjacent to an activating group) is 2. The first-order chi connectivity index (χ1) is 56.5. The van der Waals surface area contributed by atoms with E-state index < -0.39 is 0 Å². The fourth-order valence-corrected chi connectivity index (χ4v) is 17.0. The summed E-state index contributed by atoms with van der Waals surface area (Å²) in [5, 5.41) is 9.34. The topological polar surface area (TPSA) is 26.2 Å². The van der Waals surface area contributed by atoms with E-state index in [4.69, 9.17) is 0 Å². The molecule has 22 rings (SSSR count). The maximum absolute atomic E-state index is 2.46. The SMILES string of the molecule is CC.CCC.CCC.CN1c2ccccc2C2(c3ccccc3Cc3ccccc32)C2C=CC=CC21.CN1c2ccccc2CC2C=CC=CC21.Cn1c2ccccc2c2ccccc21.Cn1c2ccccc2c2ccccc21.Cn1c2ccccc2c2ccccc21.Cn1ccc2ccccc21.c1ccccc1.c1ccccc1. The summed E-state index contributed by atoms with van der Waals surface area (Å²) in [6, 6.07) is 122. The Kier molecular flexibility index (Phi) is 28.6. The monoisotopic (exact) mass is 1510 g/mol. The number of aryl methyl sites for hydroxylation is 4. The smallest absolute Gasteiger partial charge is 0.0562 e. The van der Waals surface area contributed by atoms with Crippen molar-refractivity contribution >= 4 is 87.7 Å². The van der Waals surface area contributed by atoms with E-state index in [-0.39, 0.29) is 5.41 Å². The van der Waals surface area contributed by atoms with Gasteiger partial charge in [-0.1, -0.05) is 388 Å². The summed E-state index contributed by atoms with van der Waals surface area (Å²) < 4.78 is 8.84. The van der Waals surface area contributed by atoms with Crippen molar-refractivity contribution in [3.8, 4) is 0 Å². The highest BCUT2D eigenvalue weighted by Crippen LogP contribution is 2.58. The molecule has 3 aliphatic carbocycles. The quantitative estimate of drug-likeness (QED) is 0.151. The van der Waals surface area contributed by atoms with Crippen LogP contribution in [0.4, 0.5) is 11.4 Å². The summed E-state index contributed by atoms with van der Waals surface area (Å²) in [4.78, 5) is 4.86. The van der Waals surface area contributed by atoms with Gasteiger partial charge in [-0.2, -0.15) is 0 Å². The van der Waals surface area contributed by atoms with Crippen molar-refractivity contribution in [1.29, 1.82) is 0 Å². The molecule has 0 radical (unpaired) electrons. The number of aromatic nitrogens is 4. The zero-order chi connectivity index (χ0) is 80.5. The maximum atomic E-state index is 2.46. The second-order valence-electron chi connectivity index (χ2n) is 29.6. The second-order valence-corrected chi connectivity index (χ2v) is 29.6.